The summed E-state index contributed by atoms with van der Waals surface area (Å²) >= 11 is 0. The number of carbonyl (C=O) groups excluding carboxylic acids is 2. The van der Waals surface area contributed by atoms with Crippen LogP contribution in [0.1, 0.15) is 103 Å². The zero-order chi connectivity index (χ0) is 44.9. The Bertz CT molecular complexity index is 2230. The molecule has 0 fully saturated rings. The molecule has 326 valence electrons. The lowest BCUT2D eigenvalue weighted by Gasteiger charge is -2.30. The quantitative estimate of drug-likeness (QED) is 0.163. The van der Waals surface area contributed by atoms with E-state index >= 15 is 0 Å². The van der Waals surface area contributed by atoms with E-state index in [-0.39, 0.29) is 61.7 Å². The van der Waals surface area contributed by atoms with Crippen LogP contribution in [-0.2, 0) is 41.6 Å². The maximum atomic E-state index is 14.7. The zero-order valence-electron chi connectivity index (χ0n) is 35.2. The largest absolute Gasteiger partial charge is 0.481 e. The lowest BCUT2D eigenvalue weighted by Crippen LogP contribution is -2.44. The number of nitrogens with zero attached hydrogens (tertiary/aromatic N) is 2. The Morgan fingerprint density at radius 2 is 1.45 bits per heavy atom. The molecule has 0 bridgehead atoms. The normalized spacial score (nSPS) is 18.7. The molecule has 3 N–H and O–H groups in total. The van der Waals surface area contributed by atoms with E-state index in [1.54, 1.807) is 36.2 Å². The monoisotopic (exact) mass is 848 g/mol. The van der Waals surface area contributed by atoms with Crippen molar-refractivity contribution in [2.24, 2.45) is 0 Å². The molecular weight excluding hydrogens is 796 g/mol. The van der Waals surface area contributed by atoms with Gasteiger partial charge in [0.25, 0.3) is 0 Å². The number of ether oxygens (including phenoxy) is 2. The third-order valence-corrected chi connectivity index (χ3v) is 10.3. The van der Waals surface area contributed by atoms with Crippen LogP contribution in [-0.4, -0.2) is 95.1 Å². The highest BCUT2D eigenvalue weighted by atomic mass is 19.1. The molecular formula is C49H53FN2O10. The number of aromatic carboxylic acids is 1. The summed E-state index contributed by atoms with van der Waals surface area (Å²) in [4.78, 5) is 59.9. The van der Waals surface area contributed by atoms with Gasteiger partial charge in [0.05, 0.1) is 30.8 Å². The number of hydrogen-bond donors (Lipinski definition) is 3. The minimum absolute atomic E-state index is 0.00236. The number of para-hydroxylation sites is 1. The second-order valence-corrected chi connectivity index (χ2v) is 14.9. The number of carbonyl (C=O) groups is 5. The molecule has 0 radical (unpaired) electrons. The maximum absolute atomic E-state index is 14.7. The highest BCUT2D eigenvalue weighted by molar-refractivity contribution is 5.95. The molecule has 1 aliphatic carbocycles. The molecule has 3 aromatic rings. The van der Waals surface area contributed by atoms with Gasteiger partial charge in [0.2, 0.25) is 11.8 Å². The molecule has 6 rings (SSSR count). The van der Waals surface area contributed by atoms with Crippen LogP contribution in [0.25, 0.3) is 0 Å². The van der Waals surface area contributed by atoms with E-state index in [0.717, 1.165) is 53.6 Å². The Balaban J connectivity index is 0.000000207. The molecule has 0 saturated heterocycles. The van der Waals surface area contributed by atoms with Crippen molar-refractivity contribution in [2.75, 3.05) is 32.2 Å². The maximum Gasteiger partial charge on any atom is 0.335 e. The molecule has 0 spiro atoms. The number of rotatable bonds is 12. The van der Waals surface area contributed by atoms with Crippen LogP contribution in [0.5, 0.6) is 0 Å². The molecule has 2 aliphatic heterocycles. The van der Waals surface area contributed by atoms with Crippen LogP contribution >= 0.6 is 0 Å². The molecule has 0 saturated carbocycles. The Kier molecular flexibility index (Phi) is 19.2. The minimum atomic E-state index is -1.47. The molecule has 3 aliphatic rings. The van der Waals surface area contributed by atoms with Crippen molar-refractivity contribution < 1.29 is 53.2 Å². The Morgan fingerprint density at radius 3 is 2.15 bits per heavy atom. The van der Waals surface area contributed by atoms with Gasteiger partial charge in [-0.05, 0) is 67.1 Å². The van der Waals surface area contributed by atoms with Gasteiger partial charge >= 0.3 is 17.9 Å². The van der Waals surface area contributed by atoms with E-state index < -0.39 is 23.6 Å². The summed E-state index contributed by atoms with van der Waals surface area (Å²) in [5.41, 5.74) is 3.04. The van der Waals surface area contributed by atoms with E-state index in [9.17, 15) is 28.4 Å². The third-order valence-electron chi connectivity index (χ3n) is 10.3. The number of carboxylic acids is 3. The van der Waals surface area contributed by atoms with Gasteiger partial charge in [0.15, 0.2) is 5.67 Å². The first-order chi connectivity index (χ1) is 29.8. The first kappa shape index (κ1) is 48.2. The SMILES string of the molecule is COC1C#CCCN(C(=O)CCC(=O)O)C[C@@H]1OC.O=C(O)CCCC(=O)N1Cc2ccccc2C#Cc2ccccc21.O=C(O)c1ccc(CC2(F)C#CCCCCC2)cc1. The van der Waals surface area contributed by atoms with E-state index in [0.29, 0.717) is 38.9 Å². The first-order valence-electron chi connectivity index (χ1n) is 20.6. The Labute approximate surface area is 362 Å². The molecule has 13 heteroatoms. The van der Waals surface area contributed by atoms with Crippen molar-refractivity contribution in [2.45, 2.75) is 101 Å². The number of amides is 2. The van der Waals surface area contributed by atoms with Gasteiger partial charge < -0.3 is 34.6 Å². The van der Waals surface area contributed by atoms with Crippen molar-refractivity contribution in [3.63, 3.8) is 0 Å². The van der Waals surface area contributed by atoms with Crippen molar-refractivity contribution in [1.82, 2.24) is 4.90 Å². The standard InChI is InChI=1S/C20H17NO3.C16H17FO2.C13H19NO5/c22-19(10-5-11-20(23)24)21-14-17-8-2-1-6-15(17)12-13-16-7-3-4-9-18(16)21;17-16(10-4-2-1-3-5-11-16)12-13-6-8-14(9-7-13)15(18)19;1-18-10-5-3-4-8-14(9-11(10)19-2)12(15)6-7-13(16)17/h1-4,6-9H,5,10-11,14H2,(H,23,24);6-9H,1-4,10,12H2,(H,18,19);10-11H,4,6-9H2,1-2H3,(H,16,17)/t;;10?,11-/m..0/s1. The summed E-state index contributed by atoms with van der Waals surface area (Å²) in [5, 5.41) is 26.2. The van der Waals surface area contributed by atoms with Crippen LogP contribution < -0.4 is 4.90 Å². The molecule has 2 unspecified atom stereocenters. The molecule has 62 heavy (non-hydrogen) atoms. The van der Waals surface area contributed by atoms with Crippen molar-refractivity contribution >= 4 is 35.4 Å². The number of hydrogen-bond acceptors (Lipinski definition) is 7. The molecule has 12 nitrogen and oxygen atoms in total. The Morgan fingerprint density at radius 1 is 0.758 bits per heavy atom. The van der Waals surface area contributed by atoms with Crippen molar-refractivity contribution in [3.8, 4) is 35.5 Å². The molecule has 0 aromatic heterocycles. The van der Waals surface area contributed by atoms with Crippen LogP contribution in [0.15, 0.2) is 72.8 Å². The van der Waals surface area contributed by atoms with Crippen molar-refractivity contribution in [1.29, 1.82) is 0 Å². The van der Waals surface area contributed by atoms with Gasteiger partial charge in [-0.25, -0.2) is 9.18 Å². The van der Waals surface area contributed by atoms with E-state index in [1.165, 1.54) is 12.1 Å². The average molecular weight is 849 g/mol. The number of aliphatic carboxylic acids is 2. The number of benzene rings is 3. The first-order valence-corrected chi connectivity index (χ1v) is 20.6. The van der Waals surface area contributed by atoms with E-state index in [2.05, 4.69) is 35.5 Å². The van der Waals surface area contributed by atoms with Crippen LogP contribution in [0.2, 0.25) is 0 Å². The van der Waals surface area contributed by atoms with Gasteiger partial charge in [0, 0.05) is 70.4 Å². The second-order valence-electron chi connectivity index (χ2n) is 14.9. The summed E-state index contributed by atoms with van der Waals surface area (Å²) < 4.78 is 25.2. The lowest BCUT2D eigenvalue weighted by atomic mass is 9.89. The van der Waals surface area contributed by atoms with E-state index in [1.807, 2.05) is 48.5 Å². The smallest absolute Gasteiger partial charge is 0.335 e. The number of anilines is 1. The fraction of sp³-hybridized carbons (Fsp3) is 0.408. The van der Waals surface area contributed by atoms with Crippen LogP contribution in [0.4, 0.5) is 10.1 Å². The van der Waals surface area contributed by atoms with Gasteiger partial charge in [-0.2, -0.15) is 0 Å². The predicted octanol–water partition coefficient (Wildman–Crippen LogP) is 6.91. The van der Waals surface area contributed by atoms with Gasteiger partial charge in [-0.3, -0.25) is 19.2 Å². The summed E-state index contributed by atoms with van der Waals surface area (Å²) in [7, 11) is 3.09. The highest BCUT2D eigenvalue weighted by Gasteiger charge is 2.28. The van der Waals surface area contributed by atoms with Crippen LogP contribution in [0, 0.1) is 35.5 Å². The van der Waals surface area contributed by atoms with Crippen molar-refractivity contribution in [3.05, 3.63) is 101 Å². The minimum Gasteiger partial charge on any atom is -0.481 e. The Hall–Kier alpha value is -6.46. The summed E-state index contributed by atoms with van der Waals surface area (Å²) in [6, 6.07) is 21.7. The lowest BCUT2D eigenvalue weighted by molar-refractivity contribution is -0.142. The predicted molar refractivity (Wildman–Crippen MR) is 231 cm³/mol. The highest BCUT2D eigenvalue weighted by Crippen LogP contribution is 2.28. The number of carboxylic acid groups (broad SMARTS) is 3. The summed E-state index contributed by atoms with van der Waals surface area (Å²) in [6.07, 6.45) is 4.62. The van der Waals surface area contributed by atoms with Crippen LogP contribution in [0.3, 0.4) is 0 Å². The third kappa shape index (κ3) is 15.5. The fourth-order valence-corrected chi connectivity index (χ4v) is 6.90. The van der Waals surface area contributed by atoms with E-state index in [4.69, 9.17) is 24.8 Å². The molecule has 2 heterocycles. The zero-order valence-corrected chi connectivity index (χ0v) is 35.2. The summed E-state index contributed by atoms with van der Waals surface area (Å²) in [6.45, 7) is 1.29. The van der Waals surface area contributed by atoms with Gasteiger partial charge in [-0.1, -0.05) is 84.4 Å². The second kappa shape index (κ2) is 24.7. The van der Waals surface area contributed by atoms with Gasteiger partial charge in [-0.15, -0.1) is 0 Å². The molecule has 2 amide bonds. The number of fused-ring (bicyclic) bond motifs is 2. The fourth-order valence-electron chi connectivity index (χ4n) is 6.90. The van der Waals surface area contributed by atoms with Gasteiger partial charge in [0.1, 0.15) is 12.2 Å². The molecule has 3 aromatic carbocycles. The molecule has 3 atom stereocenters. The number of halogens is 1. The summed E-state index contributed by atoms with van der Waals surface area (Å²) in [5.74, 6) is 14.8. The number of alkyl halides is 1. The average Bonchev–Trinajstić information content (AvgIpc) is 3.23. The topological polar surface area (TPSA) is 171 Å². The number of methoxy groups -OCH3 is 2.